The minimum Gasteiger partial charge on any atom is -0.340 e. The van der Waals surface area contributed by atoms with E-state index in [1.54, 1.807) is 0 Å². The summed E-state index contributed by atoms with van der Waals surface area (Å²) in [4.78, 5) is 4.45. The van der Waals surface area contributed by atoms with Crippen molar-refractivity contribution in [3.05, 3.63) is 53.6 Å². The van der Waals surface area contributed by atoms with Crippen molar-refractivity contribution in [3.63, 3.8) is 0 Å². The molecule has 2 aromatic rings. The van der Waals surface area contributed by atoms with Crippen LogP contribution in [-0.4, -0.2) is 16.6 Å². The molecular formula is C16H21N3. The lowest BCUT2D eigenvalue weighted by atomic mass is 9.80. The van der Waals surface area contributed by atoms with Crippen LogP contribution in [-0.2, 0) is 7.05 Å². The van der Waals surface area contributed by atoms with Gasteiger partial charge in [-0.3, -0.25) is 0 Å². The molecule has 0 spiro atoms. The van der Waals surface area contributed by atoms with Crippen molar-refractivity contribution in [1.29, 1.82) is 0 Å². The van der Waals surface area contributed by atoms with Gasteiger partial charge in [0.25, 0.3) is 0 Å². The molecule has 1 heterocycles. The van der Waals surface area contributed by atoms with Gasteiger partial charge in [0.05, 0.1) is 18.1 Å². The van der Waals surface area contributed by atoms with Gasteiger partial charge in [-0.25, -0.2) is 4.98 Å². The van der Waals surface area contributed by atoms with E-state index in [2.05, 4.69) is 40.8 Å². The van der Waals surface area contributed by atoms with Crippen molar-refractivity contribution >= 4 is 0 Å². The number of imidazole rings is 1. The Labute approximate surface area is 114 Å². The van der Waals surface area contributed by atoms with Crippen LogP contribution in [0.1, 0.15) is 48.0 Å². The summed E-state index contributed by atoms with van der Waals surface area (Å²) in [5.74, 6) is 0.803. The number of nitrogens with zero attached hydrogens (tertiary/aromatic N) is 2. The zero-order valence-corrected chi connectivity index (χ0v) is 11.6. The highest BCUT2D eigenvalue weighted by atomic mass is 15.0. The summed E-state index contributed by atoms with van der Waals surface area (Å²) in [7, 11) is 3.99. The van der Waals surface area contributed by atoms with E-state index in [1.165, 1.54) is 30.4 Å². The lowest BCUT2D eigenvalue weighted by molar-refractivity contribution is 0.419. The van der Waals surface area contributed by atoms with Crippen LogP contribution in [0.2, 0.25) is 0 Å². The molecule has 1 aromatic carbocycles. The van der Waals surface area contributed by atoms with Gasteiger partial charge >= 0.3 is 0 Å². The predicted molar refractivity (Wildman–Crippen MR) is 77.1 cm³/mol. The normalized spacial score (nSPS) is 17.2. The van der Waals surface area contributed by atoms with E-state index in [1.807, 2.05) is 25.0 Å². The van der Waals surface area contributed by atoms with Gasteiger partial charge in [0, 0.05) is 13.2 Å². The average molecular weight is 255 g/mol. The lowest BCUT2D eigenvalue weighted by Crippen LogP contribution is -2.18. The Morgan fingerprint density at radius 3 is 2.47 bits per heavy atom. The molecule has 1 aromatic heterocycles. The highest BCUT2D eigenvalue weighted by Crippen LogP contribution is 2.36. The summed E-state index contributed by atoms with van der Waals surface area (Å²) in [5.41, 5.74) is 3.84. The third-order valence-corrected chi connectivity index (χ3v) is 4.16. The van der Waals surface area contributed by atoms with Crippen LogP contribution in [0.3, 0.4) is 0 Å². The van der Waals surface area contributed by atoms with E-state index < -0.39 is 0 Å². The summed E-state index contributed by atoms with van der Waals surface area (Å²) in [6.45, 7) is 0. The van der Waals surface area contributed by atoms with E-state index in [-0.39, 0.29) is 6.04 Å². The fourth-order valence-corrected chi connectivity index (χ4v) is 2.77. The Kier molecular flexibility index (Phi) is 3.38. The second-order valence-electron chi connectivity index (χ2n) is 5.48. The fraction of sp³-hybridized carbons (Fsp3) is 0.438. The van der Waals surface area contributed by atoms with E-state index in [0.717, 1.165) is 11.6 Å². The molecule has 0 radical (unpaired) electrons. The molecule has 1 unspecified atom stereocenters. The maximum absolute atomic E-state index is 4.45. The van der Waals surface area contributed by atoms with Gasteiger partial charge in [0.1, 0.15) is 0 Å². The highest BCUT2D eigenvalue weighted by Gasteiger charge is 2.20. The molecule has 1 fully saturated rings. The largest absolute Gasteiger partial charge is 0.340 e. The van der Waals surface area contributed by atoms with E-state index in [9.17, 15) is 0 Å². The molecule has 19 heavy (non-hydrogen) atoms. The van der Waals surface area contributed by atoms with Crippen molar-refractivity contribution in [1.82, 2.24) is 14.9 Å². The zero-order chi connectivity index (χ0) is 13.2. The standard InChI is InChI=1S/C16H21N3/c1-17-16(15-10-19(2)11-18-15)14-8-6-13(7-9-14)12-4-3-5-12/h6-12,16-17H,3-5H2,1-2H3. The first-order valence-electron chi connectivity index (χ1n) is 7.03. The third-order valence-electron chi connectivity index (χ3n) is 4.16. The average Bonchev–Trinajstić information content (AvgIpc) is 2.77. The first-order chi connectivity index (χ1) is 9.28. The molecule has 1 saturated carbocycles. The van der Waals surface area contributed by atoms with Crippen LogP contribution in [0.4, 0.5) is 0 Å². The van der Waals surface area contributed by atoms with Crippen molar-refractivity contribution in [2.45, 2.75) is 31.2 Å². The Morgan fingerprint density at radius 1 is 1.26 bits per heavy atom. The van der Waals surface area contributed by atoms with Gasteiger partial charge in [-0.1, -0.05) is 30.7 Å². The monoisotopic (exact) mass is 255 g/mol. The van der Waals surface area contributed by atoms with Gasteiger partial charge in [-0.15, -0.1) is 0 Å². The van der Waals surface area contributed by atoms with Crippen molar-refractivity contribution in [2.75, 3.05) is 7.05 Å². The molecule has 1 aliphatic carbocycles. The fourth-order valence-electron chi connectivity index (χ4n) is 2.77. The van der Waals surface area contributed by atoms with Crippen LogP contribution >= 0.6 is 0 Å². The van der Waals surface area contributed by atoms with Crippen LogP contribution in [0.5, 0.6) is 0 Å². The van der Waals surface area contributed by atoms with E-state index in [4.69, 9.17) is 0 Å². The number of hydrogen-bond acceptors (Lipinski definition) is 2. The summed E-state index contributed by atoms with van der Waals surface area (Å²) in [6, 6.07) is 9.22. The molecule has 1 N–H and O–H groups in total. The van der Waals surface area contributed by atoms with Crippen LogP contribution in [0.15, 0.2) is 36.8 Å². The van der Waals surface area contributed by atoms with Gasteiger partial charge in [0.2, 0.25) is 0 Å². The smallest absolute Gasteiger partial charge is 0.0947 e. The van der Waals surface area contributed by atoms with Crippen LogP contribution in [0.25, 0.3) is 0 Å². The molecular weight excluding hydrogens is 234 g/mol. The molecule has 0 bridgehead atoms. The SMILES string of the molecule is CNC(c1ccc(C2CCC2)cc1)c1cn(C)cn1. The number of rotatable bonds is 4. The minimum atomic E-state index is 0.177. The summed E-state index contributed by atoms with van der Waals surface area (Å²) in [5, 5.41) is 3.35. The third kappa shape index (κ3) is 2.43. The minimum absolute atomic E-state index is 0.177. The Hall–Kier alpha value is -1.61. The van der Waals surface area contributed by atoms with Crippen molar-refractivity contribution < 1.29 is 0 Å². The molecule has 1 atom stereocenters. The summed E-state index contributed by atoms with van der Waals surface area (Å²) < 4.78 is 1.99. The first-order valence-corrected chi connectivity index (χ1v) is 7.03. The summed E-state index contributed by atoms with van der Waals surface area (Å²) >= 11 is 0. The maximum Gasteiger partial charge on any atom is 0.0947 e. The molecule has 1 aliphatic rings. The maximum atomic E-state index is 4.45. The van der Waals surface area contributed by atoms with Gasteiger partial charge in [-0.05, 0) is 36.9 Å². The number of hydrogen-bond donors (Lipinski definition) is 1. The Balaban J connectivity index is 1.83. The number of aryl methyl sites for hydroxylation is 1. The van der Waals surface area contributed by atoms with Crippen molar-refractivity contribution in [3.8, 4) is 0 Å². The first kappa shape index (κ1) is 12.4. The van der Waals surface area contributed by atoms with Gasteiger partial charge < -0.3 is 9.88 Å². The molecule has 3 nitrogen and oxygen atoms in total. The highest BCUT2D eigenvalue weighted by molar-refractivity contribution is 5.32. The van der Waals surface area contributed by atoms with Gasteiger partial charge in [-0.2, -0.15) is 0 Å². The molecule has 100 valence electrons. The topological polar surface area (TPSA) is 29.9 Å². The molecule has 3 rings (SSSR count). The molecule has 0 saturated heterocycles. The van der Waals surface area contributed by atoms with E-state index >= 15 is 0 Å². The lowest BCUT2D eigenvalue weighted by Gasteiger charge is -2.26. The molecule has 3 heteroatoms. The quantitative estimate of drug-likeness (QED) is 0.910. The second kappa shape index (κ2) is 5.17. The van der Waals surface area contributed by atoms with Crippen LogP contribution in [0, 0.1) is 0 Å². The number of nitrogens with one attached hydrogen (secondary N) is 1. The Morgan fingerprint density at radius 2 is 2.00 bits per heavy atom. The Bertz CT molecular complexity index is 537. The summed E-state index contributed by atoms with van der Waals surface area (Å²) in [6.07, 6.45) is 8.02. The predicted octanol–water partition coefficient (Wildman–Crippen LogP) is 3.00. The number of benzene rings is 1. The number of aromatic nitrogens is 2. The molecule has 0 amide bonds. The van der Waals surface area contributed by atoms with E-state index in [0.29, 0.717) is 0 Å². The second-order valence-corrected chi connectivity index (χ2v) is 5.48. The van der Waals surface area contributed by atoms with Gasteiger partial charge in [0.15, 0.2) is 0 Å². The van der Waals surface area contributed by atoms with Crippen molar-refractivity contribution in [2.24, 2.45) is 7.05 Å². The van der Waals surface area contributed by atoms with Crippen LogP contribution < -0.4 is 5.32 Å². The zero-order valence-electron chi connectivity index (χ0n) is 11.6. The molecule has 0 aliphatic heterocycles.